The first-order valence-electron chi connectivity index (χ1n) is 27.1. The van der Waals surface area contributed by atoms with Crippen LogP contribution in [0, 0.1) is 0 Å². The maximum absolute atomic E-state index is 14.6. The lowest BCUT2D eigenvalue weighted by Crippen LogP contribution is -2.39. The Hall–Kier alpha value is -6.89. The Bertz CT molecular complexity index is 4420. The standard InChI is InChI=1S/C44H57N20O25P3S/c1-75-26-22(65)14(83-38(26)62-11-52-19-32(62)55-42(46)58-35(19)66)6-82-92(74,93)89-25-17(86-41(29(25)78-4)64-13-54-21-34(64)57-44(48)60-37(21)68)8-81-91(72,73)88-24-16(85-40(28(24)77-3)63-12-53-20-33(63)56-43(47)59-36(20)67)7-80-90(70,71)87-23-15(5-79-69)84-39(27(23)76-2)61-10-51-18-30(45)49-9-50-31(18)61/h9-17,22-29,38-41,65,69H,5-8H2,1-4H3,(H,70,71)(H,72,73)(H,74,93)(H2,45,49,50)(H3,46,55,58,66)(H3,47,56,59,67)(H3,48,57,60,68)/t14-,15-,16-,17-,22?,23?,24?,25?,26+,27+,28+,29+,38-,39-,40-,41-,92?/m1/s1. The first kappa shape index (κ1) is 66.1. The van der Waals surface area contributed by atoms with Crippen LogP contribution >= 0.6 is 22.4 Å². The van der Waals surface area contributed by atoms with Gasteiger partial charge in [-0.25, -0.2) is 43.9 Å². The number of nitrogen functional groups attached to an aromatic ring is 4. The van der Waals surface area contributed by atoms with Gasteiger partial charge in [0.1, 0.15) is 91.7 Å². The fourth-order valence-corrected chi connectivity index (χ4v) is 14.6. The van der Waals surface area contributed by atoms with Crippen molar-refractivity contribution < 1.29 is 104 Å². The van der Waals surface area contributed by atoms with Gasteiger partial charge in [-0.1, -0.05) is 0 Å². The van der Waals surface area contributed by atoms with Gasteiger partial charge in [-0.15, -0.1) is 0 Å². The average molecular weight is 1390 g/mol. The lowest BCUT2D eigenvalue weighted by Gasteiger charge is -2.29. The predicted octanol–water partition coefficient (Wildman–Crippen LogP) is -3.32. The molecule has 0 bridgehead atoms. The van der Waals surface area contributed by atoms with Crippen molar-refractivity contribution in [1.29, 1.82) is 0 Å². The normalized spacial score (nSPS) is 30.3. The second-order valence-corrected chi connectivity index (χ2v) is 26.4. The van der Waals surface area contributed by atoms with Crippen molar-refractivity contribution in [2.24, 2.45) is 0 Å². The van der Waals surface area contributed by atoms with E-state index in [9.17, 15) is 48.6 Å². The van der Waals surface area contributed by atoms with E-state index >= 15 is 0 Å². The molecule has 49 heteroatoms. The van der Waals surface area contributed by atoms with E-state index in [1.54, 1.807) is 0 Å². The number of hydrogen-bond acceptors (Lipinski definition) is 36. The zero-order valence-electron chi connectivity index (χ0n) is 48.2. The molecular formula is C44H57N20O25P3S. The van der Waals surface area contributed by atoms with E-state index in [1.165, 1.54) is 47.7 Å². The predicted molar refractivity (Wildman–Crippen MR) is 309 cm³/mol. The van der Waals surface area contributed by atoms with Crippen LogP contribution < -0.4 is 39.6 Å². The highest BCUT2D eigenvalue weighted by Crippen LogP contribution is 2.55. The number of aromatic amines is 3. The van der Waals surface area contributed by atoms with E-state index < -0.39 is 164 Å². The number of anilines is 4. The molecule has 8 aromatic heterocycles. The Labute approximate surface area is 521 Å². The zero-order valence-corrected chi connectivity index (χ0v) is 51.7. The summed E-state index contributed by atoms with van der Waals surface area (Å²) in [4.78, 5) is 122. The van der Waals surface area contributed by atoms with Crippen molar-refractivity contribution in [1.82, 2.24) is 78.1 Å². The number of nitrogens with two attached hydrogens (primary N) is 4. The van der Waals surface area contributed by atoms with Crippen LogP contribution in [0.2, 0.25) is 0 Å². The Morgan fingerprint density at radius 2 is 0.849 bits per heavy atom. The Kier molecular flexibility index (Phi) is 18.5. The lowest BCUT2D eigenvalue weighted by molar-refractivity contribution is -0.264. The summed E-state index contributed by atoms with van der Waals surface area (Å²) in [6.07, 6.45) is -17.7. The number of nitrogens with zero attached hydrogens (tertiary/aromatic N) is 13. The van der Waals surface area contributed by atoms with Crippen molar-refractivity contribution >= 4 is 102 Å². The van der Waals surface area contributed by atoms with Crippen molar-refractivity contribution in [2.45, 2.75) is 98.2 Å². The largest absolute Gasteiger partial charge is 0.472 e. The molecule has 7 unspecified atom stereocenters. The number of aliphatic hydroxyl groups excluding tert-OH is 1. The first-order valence-corrected chi connectivity index (χ1v) is 32.7. The topological polar surface area (TPSA) is 612 Å². The molecule has 0 spiro atoms. The molecule has 8 aromatic rings. The van der Waals surface area contributed by atoms with Crippen LogP contribution in [0.4, 0.5) is 23.7 Å². The summed E-state index contributed by atoms with van der Waals surface area (Å²) in [5, 5.41) is 21.0. The van der Waals surface area contributed by atoms with Gasteiger partial charge in [0.05, 0.1) is 45.1 Å². The van der Waals surface area contributed by atoms with Gasteiger partial charge in [-0.2, -0.15) is 15.0 Å². The van der Waals surface area contributed by atoms with Crippen LogP contribution in [0.15, 0.2) is 46.0 Å². The molecule has 93 heavy (non-hydrogen) atoms. The fourth-order valence-electron chi connectivity index (χ4n) is 11.2. The Morgan fingerprint density at radius 1 is 0.495 bits per heavy atom. The summed E-state index contributed by atoms with van der Waals surface area (Å²) in [7, 11) is -6.20. The molecule has 4 fully saturated rings. The molecule has 19 atom stereocenters. The molecule has 0 amide bonds. The number of imidazole rings is 4. The van der Waals surface area contributed by atoms with Gasteiger partial charge in [-0.3, -0.25) is 75.5 Å². The van der Waals surface area contributed by atoms with Crippen molar-refractivity contribution in [3.05, 3.63) is 62.7 Å². The number of nitrogens with one attached hydrogen (secondary N) is 3. The summed E-state index contributed by atoms with van der Waals surface area (Å²) in [5.74, 6) is -0.915. The average Bonchev–Trinajstić information content (AvgIpc) is 1.64. The highest BCUT2D eigenvalue weighted by Gasteiger charge is 2.56. The van der Waals surface area contributed by atoms with Gasteiger partial charge >= 0.3 is 22.4 Å². The molecular weight excluding hydrogens is 1330 g/mol. The highest BCUT2D eigenvalue weighted by atomic mass is 32.5. The summed E-state index contributed by atoms with van der Waals surface area (Å²) in [5.41, 5.74) is 20.8. The van der Waals surface area contributed by atoms with E-state index in [-0.39, 0.29) is 68.3 Å². The van der Waals surface area contributed by atoms with Gasteiger partial charge < -0.3 is 85.1 Å². The van der Waals surface area contributed by atoms with Crippen molar-refractivity contribution in [3.63, 3.8) is 0 Å². The molecule has 504 valence electrons. The third-order valence-electron chi connectivity index (χ3n) is 15.3. The number of aromatic nitrogens is 16. The van der Waals surface area contributed by atoms with Crippen LogP contribution in [0.1, 0.15) is 24.9 Å². The third kappa shape index (κ3) is 12.7. The van der Waals surface area contributed by atoms with Crippen LogP contribution in [-0.2, 0) is 90.9 Å². The Balaban J connectivity index is 0.802. The first-order chi connectivity index (χ1) is 44.3. The maximum Gasteiger partial charge on any atom is 0.472 e. The van der Waals surface area contributed by atoms with Gasteiger partial charge in [-0.05, 0) is 11.8 Å². The molecule has 16 N–H and O–H groups in total. The van der Waals surface area contributed by atoms with Crippen molar-refractivity contribution in [2.75, 3.05) is 77.8 Å². The summed E-state index contributed by atoms with van der Waals surface area (Å²) < 4.78 is 116. The Morgan fingerprint density at radius 3 is 1.26 bits per heavy atom. The molecule has 0 aliphatic carbocycles. The van der Waals surface area contributed by atoms with Crippen LogP contribution in [0.25, 0.3) is 44.7 Å². The number of fused-ring (bicyclic) bond motifs is 4. The second kappa shape index (κ2) is 26.0. The summed E-state index contributed by atoms with van der Waals surface area (Å²) in [6, 6.07) is 0. The number of H-pyrrole nitrogens is 3. The number of ether oxygens (including phenoxy) is 8. The van der Waals surface area contributed by atoms with Crippen LogP contribution in [-0.4, -0.2) is 231 Å². The molecule has 4 saturated heterocycles. The molecule has 45 nitrogen and oxygen atoms in total. The number of phosphoric ester groups is 2. The number of hydrogen-bond donors (Lipinski definition) is 12. The minimum Gasteiger partial charge on any atom is -0.387 e. The monoisotopic (exact) mass is 1390 g/mol. The van der Waals surface area contributed by atoms with Crippen molar-refractivity contribution in [3.8, 4) is 0 Å². The molecule has 0 saturated carbocycles. The van der Waals surface area contributed by atoms with Crippen LogP contribution in [0.3, 0.4) is 0 Å². The van der Waals surface area contributed by atoms with E-state index in [0.29, 0.717) is 0 Å². The van der Waals surface area contributed by atoms with E-state index in [0.717, 1.165) is 30.7 Å². The minimum atomic E-state index is -5.61. The van der Waals surface area contributed by atoms with Gasteiger partial charge in [0, 0.05) is 28.4 Å². The highest BCUT2D eigenvalue weighted by molar-refractivity contribution is 8.07. The van der Waals surface area contributed by atoms with E-state index in [4.69, 9.17) is 99.8 Å². The number of rotatable bonds is 25. The molecule has 4 aliphatic rings. The third-order valence-corrected chi connectivity index (χ3v) is 18.8. The van der Waals surface area contributed by atoms with E-state index in [2.05, 4.69) is 64.7 Å². The lowest BCUT2D eigenvalue weighted by atomic mass is 10.1. The van der Waals surface area contributed by atoms with Gasteiger partial charge in [0.15, 0.2) is 69.9 Å². The second-order valence-electron chi connectivity index (χ2n) is 20.8. The van der Waals surface area contributed by atoms with Gasteiger partial charge in [0.2, 0.25) is 17.8 Å². The molecule has 0 aromatic carbocycles. The molecule has 12 heterocycles. The van der Waals surface area contributed by atoms with E-state index in [1.807, 2.05) is 0 Å². The molecule has 12 rings (SSSR count). The zero-order chi connectivity index (χ0) is 66.2. The summed E-state index contributed by atoms with van der Waals surface area (Å²) in [6.45, 7) is -8.05. The SMILES string of the molecule is CO[C@H]1C(O)[C@@H](COP(O)(=S)OC2[C@@H](COP(=O)(O)OC3[C@@H](COP(=O)(O)OC4[C@@H](COO)O[C@@H](n5cnc6c(N)ncnc65)[C@H]4OC)O[C@@H](n4cnc5c(=O)[nH]c(N)nc54)[C@H]3OC)O[C@@H](n3cnc4c(=O)[nH]c(N)nc43)[C@H]2OC)O[C@H]1n1cnc2c(=O)[nH]c(N)nc21. The number of methoxy groups -OCH3 is 4. The number of phosphoric acid groups is 2. The number of aliphatic hydroxyl groups is 1. The quantitative estimate of drug-likeness (QED) is 0.0151. The summed E-state index contributed by atoms with van der Waals surface area (Å²) >= 11 is 5.50. The molecule has 4 aliphatic heterocycles. The maximum atomic E-state index is 14.6. The van der Waals surface area contributed by atoms with Gasteiger partial charge in [0.25, 0.3) is 16.7 Å². The minimum absolute atomic E-state index is 0.0201. The smallest absolute Gasteiger partial charge is 0.387 e. The van der Waals surface area contributed by atoms with Crippen LogP contribution in [0.5, 0.6) is 0 Å². The molecule has 0 radical (unpaired) electrons. The fraction of sp³-hybridized carbons (Fsp3) is 0.545.